The minimum atomic E-state index is -1.08. The van der Waals surface area contributed by atoms with Gasteiger partial charge >= 0.3 is 0 Å². The van der Waals surface area contributed by atoms with Gasteiger partial charge in [0.15, 0.2) is 0 Å². The van der Waals surface area contributed by atoms with Crippen molar-refractivity contribution in [3.8, 4) is 0 Å². The second kappa shape index (κ2) is 16.5. The van der Waals surface area contributed by atoms with Crippen molar-refractivity contribution in [2.24, 2.45) is 5.92 Å². The van der Waals surface area contributed by atoms with Crippen molar-refractivity contribution in [1.82, 2.24) is 4.90 Å². The number of rotatable bonds is 15. The van der Waals surface area contributed by atoms with E-state index >= 15 is 0 Å². The van der Waals surface area contributed by atoms with Crippen LogP contribution in [0, 0.1) is 5.92 Å². The van der Waals surface area contributed by atoms with Gasteiger partial charge in [-0.3, -0.25) is 4.90 Å². The molecular formula is C44H49NO4. The topological polar surface area (TPSA) is 51.2 Å². The average Bonchev–Trinajstić information content (AvgIpc) is 3.15. The van der Waals surface area contributed by atoms with Crippen LogP contribution in [-0.2, 0) is 38.6 Å². The molecule has 0 saturated carbocycles. The van der Waals surface area contributed by atoms with E-state index in [1.165, 1.54) is 5.56 Å². The highest BCUT2D eigenvalue weighted by Gasteiger charge is 2.46. The van der Waals surface area contributed by atoms with Crippen LogP contribution in [0.4, 0.5) is 0 Å². The Morgan fingerprint density at radius 2 is 1.22 bits per heavy atom. The first kappa shape index (κ1) is 34.8. The van der Waals surface area contributed by atoms with Crippen LogP contribution in [0.5, 0.6) is 0 Å². The van der Waals surface area contributed by atoms with Gasteiger partial charge in [-0.1, -0.05) is 146 Å². The molecule has 2 unspecified atom stereocenters. The van der Waals surface area contributed by atoms with Gasteiger partial charge in [-0.05, 0) is 53.6 Å². The lowest BCUT2D eigenvalue weighted by Crippen LogP contribution is -2.52. The van der Waals surface area contributed by atoms with Crippen molar-refractivity contribution in [2.75, 3.05) is 32.9 Å². The molecule has 49 heavy (non-hydrogen) atoms. The highest BCUT2D eigenvalue weighted by atomic mass is 16.5. The van der Waals surface area contributed by atoms with Gasteiger partial charge in [0, 0.05) is 25.6 Å². The monoisotopic (exact) mass is 655 g/mol. The zero-order chi connectivity index (χ0) is 33.9. The lowest BCUT2D eigenvalue weighted by molar-refractivity contribution is -0.125. The maximum absolute atomic E-state index is 12.7. The lowest BCUT2D eigenvalue weighted by atomic mass is 9.75. The molecule has 1 saturated heterocycles. The van der Waals surface area contributed by atoms with E-state index in [1.807, 2.05) is 32.0 Å². The van der Waals surface area contributed by atoms with Crippen LogP contribution in [0.2, 0.25) is 0 Å². The summed E-state index contributed by atoms with van der Waals surface area (Å²) >= 11 is 0. The van der Waals surface area contributed by atoms with Crippen molar-refractivity contribution in [3.05, 3.63) is 179 Å². The third-order valence-electron chi connectivity index (χ3n) is 9.66. The van der Waals surface area contributed by atoms with Gasteiger partial charge in [0.05, 0.1) is 38.1 Å². The smallest absolute Gasteiger partial charge is 0.143 e. The van der Waals surface area contributed by atoms with Crippen LogP contribution in [0.3, 0.4) is 0 Å². The summed E-state index contributed by atoms with van der Waals surface area (Å²) in [4.78, 5) is 2.45. The molecule has 1 fully saturated rings. The number of hydrogen-bond donors (Lipinski definition) is 1. The summed E-state index contributed by atoms with van der Waals surface area (Å²) in [5.74, 6) is -0.198. The Morgan fingerprint density at radius 3 is 1.76 bits per heavy atom. The number of hydrogen-bond acceptors (Lipinski definition) is 5. The lowest BCUT2D eigenvalue weighted by Gasteiger charge is -2.46. The van der Waals surface area contributed by atoms with Crippen molar-refractivity contribution < 1.29 is 19.3 Å². The fourth-order valence-corrected chi connectivity index (χ4v) is 7.06. The number of piperidine rings is 1. The first-order valence-electron chi connectivity index (χ1n) is 17.6. The van der Waals surface area contributed by atoms with Crippen LogP contribution in [0.1, 0.15) is 53.6 Å². The Balaban J connectivity index is 1.31. The van der Waals surface area contributed by atoms with Crippen molar-refractivity contribution in [1.29, 1.82) is 0 Å². The van der Waals surface area contributed by atoms with Crippen molar-refractivity contribution >= 4 is 0 Å². The normalized spacial score (nSPS) is 18.5. The minimum Gasteiger partial charge on any atom is -0.385 e. The Hall–Kier alpha value is -4.10. The summed E-state index contributed by atoms with van der Waals surface area (Å²) in [5, 5.41) is 12.7. The molecule has 0 radical (unpaired) electrons. The maximum Gasteiger partial charge on any atom is 0.143 e. The second-order valence-electron chi connectivity index (χ2n) is 13.4. The molecule has 0 spiro atoms. The Kier molecular flexibility index (Phi) is 11.7. The minimum absolute atomic E-state index is 0.193. The molecule has 1 heterocycles. The zero-order valence-electron chi connectivity index (χ0n) is 28.8. The molecule has 1 N–H and O–H groups in total. The van der Waals surface area contributed by atoms with E-state index in [1.54, 1.807) is 0 Å². The fraction of sp³-hybridized carbons (Fsp3) is 0.318. The molecule has 2 atom stereocenters. The Bertz CT molecular complexity index is 1580. The summed E-state index contributed by atoms with van der Waals surface area (Å²) < 4.78 is 18.8. The van der Waals surface area contributed by atoms with Crippen LogP contribution >= 0.6 is 0 Å². The summed E-state index contributed by atoms with van der Waals surface area (Å²) in [6.07, 6.45) is 0.795. The molecule has 5 aromatic rings. The molecule has 5 aromatic carbocycles. The first-order chi connectivity index (χ1) is 24.0. The van der Waals surface area contributed by atoms with Crippen molar-refractivity contribution in [2.45, 2.75) is 50.7 Å². The third kappa shape index (κ3) is 8.38. The summed E-state index contributed by atoms with van der Waals surface area (Å²) in [6, 6.07) is 50.3. The highest BCUT2D eigenvalue weighted by molar-refractivity contribution is 5.47. The fourth-order valence-electron chi connectivity index (χ4n) is 7.06. The molecule has 1 aliphatic rings. The number of nitrogens with zero attached hydrogens (tertiary/aromatic N) is 1. The average molecular weight is 656 g/mol. The van der Waals surface area contributed by atoms with E-state index in [-0.39, 0.29) is 12.0 Å². The van der Waals surface area contributed by atoms with Gasteiger partial charge in [0.25, 0.3) is 0 Å². The summed E-state index contributed by atoms with van der Waals surface area (Å²) in [5.41, 5.74) is 4.46. The largest absolute Gasteiger partial charge is 0.385 e. The molecular weight excluding hydrogens is 606 g/mol. The van der Waals surface area contributed by atoms with Gasteiger partial charge in [0.2, 0.25) is 0 Å². The van der Waals surface area contributed by atoms with Gasteiger partial charge < -0.3 is 19.3 Å². The Labute approximate surface area is 292 Å². The van der Waals surface area contributed by atoms with Gasteiger partial charge in [0.1, 0.15) is 5.60 Å². The van der Waals surface area contributed by atoms with E-state index in [4.69, 9.17) is 14.2 Å². The zero-order valence-corrected chi connectivity index (χ0v) is 28.8. The van der Waals surface area contributed by atoms with Crippen LogP contribution in [0.15, 0.2) is 146 Å². The molecule has 0 bridgehead atoms. The molecule has 1 aliphatic heterocycles. The number of aliphatic hydroxyl groups is 1. The summed E-state index contributed by atoms with van der Waals surface area (Å²) in [7, 11) is 0. The predicted octanol–water partition coefficient (Wildman–Crippen LogP) is 8.35. The highest BCUT2D eigenvalue weighted by Crippen LogP contribution is 2.44. The van der Waals surface area contributed by atoms with Crippen LogP contribution < -0.4 is 0 Å². The first-order valence-corrected chi connectivity index (χ1v) is 17.6. The number of benzene rings is 5. The molecule has 0 aromatic heterocycles. The van der Waals surface area contributed by atoms with Crippen LogP contribution in [-0.4, -0.2) is 49.0 Å². The second-order valence-corrected chi connectivity index (χ2v) is 13.4. The third-order valence-corrected chi connectivity index (χ3v) is 9.66. The summed E-state index contributed by atoms with van der Waals surface area (Å²) in [6.45, 7) is 8.33. The molecule has 5 heteroatoms. The van der Waals surface area contributed by atoms with Crippen molar-refractivity contribution in [3.63, 3.8) is 0 Å². The van der Waals surface area contributed by atoms with Gasteiger partial charge in [-0.25, -0.2) is 0 Å². The number of likely N-dealkylation sites (tertiary alicyclic amines) is 1. The van der Waals surface area contributed by atoms with E-state index < -0.39 is 11.2 Å². The standard InChI is InChI=1S/C44H49NO4/c1-35(2)48-30-29-47-33-37-23-25-38(26-24-37)43(46)27-28-45(31-36-15-7-3-8-16-36)32-42(43)34-49-44(39-17-9-4-10-18-39,40-19-11-5-12-20-40)41-21-13-6-14-22-41/h3-26,35,42,46H,27-34H2,1-2H3. The molecule has 5 nitrogen and oxygen atoms in total. The quantitative estimate of drug-likeness (QED) is 0.0908. The van der Waals surface area contributed by atoms with Gasteiger partial charge in [-0.2, -0.15) is 0 Å². The molecule has 254 valence electrons. The molecule has 0 aliphatic carbocycles. The van der Waals surface area contributed by atoms with E-state index in [0.717, 1.165) is 40.9 Å². The van der Waals surface area contributed by atoms with Gasteiger partial charge in [-0.15, -0.1) is 0 Å². The SMILES string of the molecule is CC(C)OCCOCc1ccc(C2(O)CCN(Cc3ccccc3)CC2COC(c2ccccc2)(c2ccccc2)c2ccccc2)cc1. The maximum atomic E-state index is 12.7. The number of ether oxygens (including phenoxy) is 3. The van der Waals surface area contributed by atoms with E-state index in [0.29, 0.717) is 39.4 Å². The van der Waals surface area contributed by atoms with E-state index in [2.05, 4.69) is 132 Å². The molecule has 0 amide bonds. The molecule has 6 rings (SSSR count). The Morgan fingerprint density at radius 1 is 0.694 bits per heavy atom. The predicted molar refractivity (Wildman–Crippen MR) is 196 cm³/mol. The van der Waals surface area contributed by atoms with Crippen LogP contribution in [0.25, 0.3) is 0 Å². The van der Waals surface area contributed by atoms with E-state index in [9.17, 15) is 5.11 Å².